The van der Waals surface area contributed by atoms with Gasteiger partial charge in [0.15, 0.2) is 0 Å². The molecule has 17 heavy (non-hydrogen) atoms. The molecule has 0 heterocycles. The Labute approximate surface area is 123 Å². The summed E-state index contributed by atoms with van der Waals surface area (Å²) in [5.41, 5.74) is 11.8. The molecule has 3 nitrogen and oxygen atoms in total. The number of carbonyl (C=O) groups is 1. The summed E-state index contributed by atoms with van der Waals surface area (Å²) in [6, 6.07) is 1.91. The van der Waals surface area contributed by atoms with Gasteiger partial charge in [0.1, 0.15) is 0 Å². The fourth-order valence-electron chi connectivity index (χ4n) is 3.09. The first-order chi connectivity index (χ1) is 7.75. The molecule has 4 heteroatoms. The number of nitrogens with one attached hydrogen (secondary N) is 1. The van der Waals surface area contributed by atoms with Crippen molar-refractivity contribution in [3.63, 3.8) is 0 Å². The number of urea groups is 1. The molecule has 0 atom stereocenters. The van der Waals surface area contributed by atoms with Gasteiger partial charge < -0.3 is 11.1 Å². The second-order valence-electron chi connectivity index (χ2n) is 4.72. The molecular formula is C13H16N2NaO. The van der Waals surface area contributed by atoms with Crippen LogP contribution in [0, 0.1) is 0 Å². The monoisotopic (exact) mass is 239 g/mol. The Balaban J connectivity index is 0.00000108. The van der Waals surface area contributed by atoms with E-state index in [0.29, 0.717) is 0 Å². The number of hydrogen-bond donors (Lipinski definition) is 2. The minimum atomic E-state index is -0.436. The molecule has 2 aliphatic carbocycles. The molecule has 0 saturated heterocycles. The Morgan fingerprint density at radius 1 is 1.06 bits per heavy atom. The van der Waals surface area contributed by atoms with Gasteiger partial charge in [0, 0.05) is 35.2 Å². The molecule has 0 aromatic heterocycles. The standard InChI is InChI=1S/C13H16N2O.Na/c14-13(16)15-12-10-5-1-3-8(10)7-9-4-2-6-11(9)12;/h7H,1-6H2,(H3,14,15,16);. The minimum Gasteiger partial charge on any atom is -0.351 e. The summed E-state index contributed by atoms with van der Waals surface area (Å²) < 4.78 is 0. The SMILES string of the molecule is NC(=O)Nc1c2c(cc3c1CCC3)CCC2.[Na]. The largest absolute Gasteiger partial charge is 0.351 e. The summed E-state index contributed by atoms with van der Waals surface area (Å²) in [6.07, 6.45) is 6.86. The number of hydrogen-bond acceptors (Lipinski definition) is 1. The Hall–Kier alpha value is -0.510. The molecule has 1 aromatic carbocycles. The van der Waals surface area contributed by atoms with Crippen LogP contribution in [0.5, 0.6) is 0 Å². The first kappa shape index (κ1) is 12.9. The predicted molar refractivity (Wildman–Crippen MR) is 69.5 cm³/mol. The topological polar surface area (TPSA) is 55.1 Å². The van der Waals surface area contributed by atoms with E-state index >= 15 is 0 Å². The molecule has 3 rings (SSSR count). The van der Waals surface area contributed by atoms with Crippen molar-refractivity contribution in [1.29, 1.82) is 0 Å². The van der Waals surface area contributed by atoms with Crippen LogP contribution in [0.2, 0.25) is 0 Å². The molecule has 2 aliphatic rings. The molecule has 1 aromatic rings. The van der Waals surface area contributed by atoms with E-state index in [4.69, 9.17) is 5.73 Å². The molecule has 1 radical (unpaired) electrons. The number of anilines is 1. The zero-order valence-electron chi connectivity index (χ0n) is 10.3. The fraction of sp³-hybridized carbons (Fsp3) is 0.462. The maximum atomic E-state index is 11.1. The van der Waals surface area contributed by atoms with E-state index in [1.807, 2.05) is 0 Å². The average Bonchev–Trinajstić information content (AvgIpc) is 2.83. The summed E-state index contributed by atoms with van der Waals surface area (Å²) in [7, 11) is 0. The van der Waals surface area contributed by atoms with Crippen LogP contribution in [-0.2, 0) is 25.7 Å². The molecule has 0 aliphatic heterocycles. The molecule has 85 valence electrons. The van der Waals surface area contributed by atoms with Crippen LogP contribution in [0.1, 0.15) is 35.1 Å². The van der Waals surface area contributed by atoms with Crippen molar-refractivity contribution in [2.24, 2.45) is 5.73 Å². The van der Waals surface area contributed by atoms with Gasteiger partial charge >= 0.3 is 6.03 Å². The van der Waals surface area contributed by atoms with E-state index in [1.165, 1.54) is 35.1 Å². The number of rotatable bonds is 1. The Kier molecular flexibility index (Phi) is 3.81. The minimum absolute atomic E-state index is 0. The molecule has 3 N–H and O–H groups in total. The summed E-state index contributed by atoms with van der Waals surface area (Å²) in [6.45, 7) is 0. The second-order valence-corrected chi connectivity index (χ2v) is 4.72. The van der Waals surface area contributed by atoms with Crippen LogP contribution in [0.15, 0.2) is 6.07 Å². The van der Waals surface area contributed by atoms with Crippen LogP contribution in [0.25, 0.3) is 0 Å². The van der Waals surface area contributed by atoms with Gasteiger partial charge in [-0.05, 0) is 60.8 Å². The van der Waals surface area contributed by atoms with Gasteiger partial charge in [0.2, 0.25) is 0 Å². The Morgan fingerprint density at radius 2 is 1.59 bits per heavy atom. The van der Waals surface area contributed by atoms with Gasteiger partial charge in [-0.25, -0.2) is 4.79 Å². The van der Waals surface area contributed by atoms with Crippen LogP contribution in [-0.4, -0.2) is 35.6 Å². The van der Waals surface area contributed by atoms with E-state index in [9.17, 15) is 4.79 Å². The molecule has 0 saturated carbocycles. The van der Waals surface area contributed by atoms with Gasteiger partial charge in [0.05, 0.1) is 0 Å². The molecule has 2 amide bonds. The van der Waals surface area contributed by atoms with Crippen LogP contribution in [0.4, 0.5) is 10.5 Å². The predicted octanol–water partition coefficient (Wildman–Crippen LogP) is 1.77. The number of nitrogens with two attached hydrogens (primary N) is 1. The van der Waals surface area contributed by atoms with Gasteiger partial charge in [-0.3, -0.25) is 0 Å². The molecule has 0 fully saturated rings. The third kappa shape index (κ3) is 2.24. The molecule has 0 spiro atoms. The summed E-state index contributed by atoms with van der Waals surface area (Å²) in [5.74, 6) is 0. The van der Waals surface area contributed by atoms with Crippen molar-refractivity contribution in [1.82, 2.24) is 0 Å². The maximum Gasteiger partial charge on any atom is 0.316 e. The van der Waals surface area contributed by atoms with Crippen molar-refractivity contribution in [2.45, 2.75) is 38.5 Å². The third-order valence-corrected chi connectivity index (χ3v) is 3.72. The Morgan fingerprint density at radius 3 is 2.06 bits per heavy atom. The van der Waals surface area contributed by atoms with E-state index in [2.05, 4.69) is 11.4 Å². The molecule has 0 bridgehead atoms. The van der Waals surface area contributed by atoms with Gasteiger partial charge in [0.25, 0.3) is 0 Å². The average molecular weight is 239 g/mol. The first-order valence-corrected chi connectivity index (χ1v) is 5.98. The van der Waals surface area contributed by atoms with E-state index in [-0.39, 0.29) is 29.6 Å². The third-order valence-electron chi connectivity index (χ3n) is 3.72. The number of benzene rings is 1. The second kappa shape index (κ2) is 5.01. The van der Waals surface area contributed by atoms with E-state index in [1.54, 1.807) is 0 Å². The van der Waals surface area contributed by atoms with Crippen molar-refractivity contribution in [3.8, 4) is 0 Å². The quantitative estimate of drug-likeness (QED) is 0.721. The fourth-order valence-corrected chi connectivity index (χ4v) is 3.09. The van der Waals surface area contributed by atoms with Crippen LogP contribution in [0.3, 0.4) is 0 Å². The summed E-state index contributed by atoms with van der Waals surface area (Å²) >= 11 is 0. The molecule has 0 unspecified atom stereocenters. The van der Waals surface area contributed by atoms with Crippen molar-refractivity contribution >= 4 is 41.3 Å². The van der Waals surface area contributed by atoms with Gasteiger partial charge in [-0.1, -0.05) is 6.07 Å². The van der Waals surface area contributed by atoms with Gasteiger partial charge in [-0.2, -0.15) is 0 Å². The summed E-state index contributed by atoms with van der Waals surface area (Å²) in [4.78, 5) is 11.1. The number of aryl methyl sites for hydroxylation is 2. The zero-order valence-corrected chi connectivity index (χ0v) is 12.3. The van der Waals surface area contributed by atoms with E-state index in [0.717, 1.165) is 31.4 Å². The Bertz CT molecular complexity index is 439. The number of carbonyl (C=O) groups excluding carboxylic acids is 1. The molecular weight excluding hydrogens is 223 g/mol. The van der Waals surface area contributed by atoms with Crippen molar-refractivity contribution < 1.29 is 4.79 Å². The number of amides is 2. The van der Waals surface area contributed by atoms with Crippen molar-refractivity contribution in [2.75, 3.05) is 5.32 Å². The van der Waals surface area contributed by atoms with Crippen molar-refractivity contribution in [3.05, 3.63) is 28.3 Å². The van der Waals surface area contributed by atoms with E-state index < -0.39 is 6.03 Å². The maximum absolute atomic E-state index is 11.1. The number of fused-ring (bicyclic) bond motifs is 2. The first-order valence-electron chi connectivity index (χ1n) is 5.98. The van der Waals surface area contributed by atoms with Gasteiger partial charge in [-0.15, -0.1) is 0 Å². The smallest absolute Gasteiger partial charge is 0.316 e. The normalized spacial score (nSPS) is 16.0. The van der Waals surface area contributed by atoms with Crippen LogP contribution < -0.4 is 11.1 Å². The summed E-state index contributed by atoms with van der Waals surface area (Å²) in [5, 5.41) is 2.84. The van der Waals surface area contributed by atoms with Crippen LogP contribution >= 0.6 is 0 Å². The number of primary amides is 1. The zero-order chi connectivity index (χ0) is 11.1.